The van der Waals surface area contributed by atoms with Crippen LogP contribution in [0.15, 0.2) is 42.5 Å². The van der Waals surface area contributed by atoms with Gasteiger partial charge >= 0.3 is 0 Å². The molecule has 0 aromatic heterocycles. The summed E-state index contributed by atoms with van der Waals surface area (Å²) in [4.78, 5) is 11.6. The maximum Gasteiger partial charge on any atom is 0.239 e. The van der Waals surface area contributed by atoms with Crippen LogP contribution in [0.25, 0.3) is 0 Å². The Morgan fingerprint density at radius 3 is 2.42 bits per heavy atom. The highest BCUT2D eigenvalue weighted by atomic mass is 19.2. The lowest BCUT2D eigenvalue weighted by molar-refractivity contribution is -0.119. The third-order valence-corrected chi connectivity index (χ3v) is 3.13. The van der Waals surface area contributed by atoms with Crippen LogP contribution in [0.1, 0.15) is 0 Å². The Balaban J connectivity index is 1.64. The average molecular weight is 336 g/mol. The summed E-state index contributed by atoms with van der Waals surface area (Å²) in [5.41, 5.74) is 0.332. The van der Waals surface area contributed by atoms with Crippen LogP contribution < -0.4 is 20.1 Å². The monoisotopic (exact) mass is 336 g/mol. The number of hydrogen-bond donors (Lipinski definition) is 2. The first-order valence-corrected chi connectivity index (χ1v) is 7.31. The van der Waals surface area contributed by atoms with Gasteiger partial charge in [-0.2, -0.15) is 0 Å². The van der Waals surface area contributed by atoms with Gasteiger partial charge < -0.3 is 20.1 Å². The molecule has 0 saturated heterocycles. The molecule has 0 radical (unpaired) electrons. The van der Waals surface area contributed by atoms with Gasteiger partial charge in [0.15, 0.2) is 11.6 Å². The predicted molar refractivity (Wildman–Crippen MR) is 86.3 cm³/mol. The van der Waals surface area contributed by atoms with Crippen molar-refractivity contribution in [1.29, 1.82) is 0 Å². The Bertz CT molecular complexity index is 678. The van der Waals surface area contributed by atoms with Crippen LogP contribution in [0, 0.1) is 11.6 Å². The zero-order valence-electron chi connectivity index (χ0n) is 13.1. The minimum Gasteiger partial charge on any atom is -0.497 e. The van der Waals surface area contributed by atoms with Crippen LogP contribution in [-0.4, -0.2) is 32.7 Å². The Morgan fingerprint density at radius 2 is 1.75 bits per heavy atom. The standard InChI is InChI=1S/C17H18F2N2O3/c1-23-13-3-5-14(6-4-13)24-9-8-20-17(22)11-21-12-2-7-15(18)16(19)10-12/h2-7,10,21H,8-9,11H2,1H3,(H,20,22). The summed E-state index contributed by atoms with van der Waals surface area (Å²) < 4.78 is 36.3. The Morgan fingerprint density at radius 1 is 1.04 bits per heavy atom. The topological polar surface area (TPSA) is 59.6 Å². The van der Waals surface area contributed by atoms with Crippen molar-refractivity contribution in [3.63, 3.8) is 0 Å². The van der Waals surface area contributed by atoms with Crippen LogP contribution in [0.3, 0.4) is 0 Å². The smallest absolute Gasteiger partial charge is 0.239 e. The predicted octanol–water partition coefficient (Wildman–Crippen LogP) is 2.58. The van der Waals surface area contributed by atoms with Crippen molar-refractivity contribution in [2.45, 2.75) is 0 Å². The van der Waals surface area contributed by atoms with Crippen LogP contribution in [-0.2, 0) is 4.79 Å². The van der Waals surface area contributed by atoms with Crippen LogP contribution in [0.4, 0.5) is 14.5 Å². The summed E-state index contributed by atoms with van der Waals surface area (Å²) in [5, 5.41) is 5.36. The first-order chi connectivity index (χ1) is 11.6. The molecule has 0 aliphatic carbocycles. The van der Waals surface area contributed by atoms with Gasteiger partial charge in [-0.05, 0) is 36.4 Å². The molecule has 0 aliphatic heterocycles. The summed E-state index contributed by atoms with van der Waals surface area (Å²) in [5.74, 6) is -0.768. The molecule has 0 aliphatic rings. The van der Waals surface area contributed by atoms with Gasteiger partial charge in [-0.1, -0.05) is 0 Å². The number of carbonyl (C=O) groups excluding carboxylic acids is 1. The number of hydrogen-bond acceptors (Lipinski definition) is 4. The van der Waals surface area contributed by atoms with Crippen LogP contribution >= 0.6 is 0 Å². The second kappa shape index (κ2) is 8.71. The number of halogens is 2. The Labute approximate surface area is 138 Å². The molecule has 0 unspecified atom stereocenters. The number of carbonyl (C=O) groups is 1. The van der Waals surface area contributed by atoms with E-state index in [4.69, 9.17) is 9.47 Å². The molecule has 0 fully saturated rings. The molecule has 0 heterocycles. The molecule has 0 saturated carbocycles. The number of amides is 1. The van der Waals surface area contributed by atoms with Crippen molar-refractivity contribution in [2.75, 3.05) is 32.1 Å². The SMILES string of the molecule is COc1ccc(OCCNC(=O)CNc2ccc(F)c(F)c2)cc1. The lowest BCUT2D eigenvalue weighted by Gasteiger charge is -2.09. The second-order valence-electron chi connectivity index (χ2n) is 4.86. The molecule has 0 spiro atoms. The fourth-order valence-corrected chi connectivity index (χ4v) is 1.88. The average Bonchev–Trinajstić information content (AvgIpc) is 2.60. The zero-order chi connectivity index (χ0) is 17.4. The molecule has 0 bridgehead atoms. The molecule has 1 amide bonds. The third kappa shape index (κ3) is 5.42. The highest BCUT2D eigenvalue weighted by molar-refractivity contribution is 5.80. The number of nitrogens with one attached hydrogen (secondary N) is 2. The quantitative estimate of drug-likeness (QED) is 0.728. The number of methoxy groups -OCH3 is 1. The molecule has 2 rings (SSSR count). The first kappa shape index (κ1) is 17.5. The Kier molecular flexibility index (Phi) is 6.36. The summed E-state index contributed by atoms with van der Waals surface area (Å²) >= 11 is 0. The lowest BCUT2D eigenvalue weighted by Crippen LogP contribution is -2.33. The molecule has 5 nitrogen and oxygen atoms in total. The normalized spacial score (nSPS) is 10.1. The van der Waals surface area contributed by atoms with Crippen molar-refractivity contribution in [3.8, 4) is 11.5 Å². The van der Waals surface area contributed by atoms with Crippen LogP contribution in [0.5, 0.6) is 11.5 Å². The van der Waals surface area contributed by atoms with E-state index in [1.165, 1.54) is 6.07 Å². The number of rotatable bonds is 8. The van der Waals surface area contributed by atoms with E-state index in [1.54, 1.807) is 31.4 Å². The van der Waals surface area contributed by atoms with Gasteiger partial charge in [0.1, 0.15) is 18.1 Å². The van der Waals surface area contributed by atoms with Crippen molar-refractivity contribution < 1.29 is 23.0 Å². The first-order valence-electron chi connectivity index (χ1n) is 7.31. The molecule has 0 atom stereocenters. The van der Waals surface area contributed by atoms with Gasteiger partial charge in [-0.25, -0.2) is 8.78 Å². The van der Waals surface area contributed by atoms with E-state index in [0.29, 0.717) is 24.6 Å². The molecule has 2 aromatic carbocycles. The summed E-state index contributed by atoms with van der Waals surface area (Å²) in [6.45, 7) is 0.584. The Hall–Kier alpha value is -2.83. The van der Waals surface area contributed by atoms with Gasteiger partial charge in [0.2, 0.25) is 5.91 Å². The maximum absolute atomic E-state index is 13.0. The summed E-state index contributed by atoms with van der Waals surface area (Å²) in [7, 11) is 1.58. The largest absolute Gasteiger partial charge is 0.497 e. The third-order valence-electron chi connectivity index (χ3n) is 3.13. The van der Waals surface area contributed by atoms with Gasteiger partial charge in [-0.15, -0.1) is 0 Å². The molecule has 2 aromatic rings. The van der Waals surface area contributed by atoms with Gasteiger partial charge in [0.05, 0.1) is 20.2 Å². The number of anilines is 1. The van der Waals surface area contributed by atoms with Crippen molar-refractivity contribution in [1.82, 2.24) is 5.32 Å². The fraction of sp³-hybridized carbons (Fsp3) is 0.235. The molecule has 128 valence electrons. The van der Waals surface area contributed by atoms with E-state index in [0.717, 1.165) is 17.9 Å². The molecular formula is C17H18F2N2O3. The summed E-state index contributed by atoms with van der Waals surface area (Å²) in [6, 6.07) is 10.4. The van der Waals surface area contributed by atoms with Crippen molar-refractivity contribution in [2.24, 2.45) is 0 Å². The maximum atomic E-state index is 13.0. The van der Waals surface area contributed by atoms with E-state index < -0.39 is 11.6 Å². The van der Waals surface area contributed by atoms with E-state index in [2.05, 4.69) is 10.6 Å². The highest BCUT2D eigenvalue weighted by Crippen LogP contribution is 2.16. The molecule has 7 heteroatoms. The minimum absolute atomic E-state index is 0.0480. The second-order valence-corrected chi connectivity index (χ2v) is 4.86. The fourth-order valence-electron chi connectivity index (χ4n) is 1.88. The van der Waals surface area contributed by atoms with Crippen molar-refractivity contribution in [3.05, 3.63) is 54.1 Å². The zero-order valence-corrected chi connectivity index (χ0v) is 13.1. The van der Waals surface area contributed by atoms with Crippen molar-refractivity contribution >= 4 is 11.6 Å². The lowest BCUT2D eigenvalue weighted by atomic mass is 10.3. The number of ether oxygens (including phenoxy) is 2. The van der Waals surface area contributed by atoms with E-state index in [-0.39, 0.29) is 12.5 Å². The van der Waals surface area contributed by atoms with Gasteiger partial charge in [0, 0.05) is 11.8 Å². The van der Waals surface area contributed by atoms with Gasteiger partial charge in [-0.3, -0.25) is 4.79 Å². The highest BCUT2D eigenvalue weighted by Gasteiger charge is 2.04. The van der Waals surface area contributed by atoms with Gasteiger partial charge in [0.25, 0.3) is 0 Å². The van der Waals surface area contributed by atoms with E-state index in [9.17, 15) is 13.6 Å². The summed E-state index contributed by atoms with van der Waals surface area (Å²) in [6.07, 6.45) is 0. The van der Waals surface area contributed by atoms with Crippen LogP contribution in [0.2, 0.25) is 0 Å². The number of benzene rings is 2. The van der Waals surface area contributed by atoms with E-state index >= 15 is 0 Å². The molecule has 24 heavy (non-hydrogen) atoms. The minimum atomic E-state index is -0.965. The molecular weight excluding hydrogens is 318 g/mol. The molecule has 2 N–H and O–H groups in total. The van der Waals surface area contributed by atoms with E-state index in [1.807, 2.05) is 0 Å².